The van der Waals surface area contributed by atoms with Crippen LogP contribution in [0.2, 0.25) is 0 Å². The Morgan fingerprint density at radius 2 is 1.94 bits per heavy atom. The Hall–Kier alpha value is -1.35. The maximum absolute atomic E-state index is 11.0. The fourth-order valence-electron chi connectivity index (χ4n) is 1.64. The van der Waals surface area contributed by atoms with E-state index < -0.39 is 6.61 Å². The highest BCUT2D eigenvalue weighted by Gasteiger charge is 2.21. The molecule has 0 aromatic heterocycles. The van der Waals surface area contributed by atoms with Crippen LogP contribution in [0.15, 0.2) is 18.2 Å². The molecule has 0 saturated heterocycles. The molecule has 0 saturated carbocycles. The standard InChI is InChI=1S/C14H21NO2/c1-10-5-6-12(7-11(10)2)14(3,4)9-15-13(17)8-16/h5-7,16H,8-9H2,1-4H3,(H,15,17). The van der Waals surface area contributed by atoms with E-state index in [2.05, 4.69) is 51.2 Å². The van der Waals surface area contributed by atoms with Gasteiger partial charge in [-0.05, 0) is 30.5 Å². The third kappa shape index (κ3) is 3.56. The van der Waals surface area contributed by atoms with Gasteiger partial charge in [0.2, 0.25) is 5.91 Å². The van der Waals surface area contributed by atoms with E-state index in [1.807, 2.05) is 0 Å². The summed E-state index contributed by atoms with van der Waals surface area (Å²) >= 11 is 0. The molecule has 0 aliphatic rings. The van der Waals surface area contributed by atoms with E-state index in [0.717, 1.165) is 0 Å². The Kier molecular flexibility index (Phi) is 4.29. The lowest BCUT2D eigenvalue weighted by atomic mass is 9.83. The van der Waals surface area contributed by atoms with Crippen molar-refractivity contribution in [2.75, 3.05) is 13.2 Å². The fourth-order valence-corrected chi connectivity index (χ4v) is 1.64. The molecule has 0 fully saturated rings. The first-order valence-corrected chi connectivity index (χ1v) is 5.82. The summed E-state index contributed by atoms with van der Waals surface area (Å²) in [7, 11) is 0. The van der Waals surface area contributed by atoms with Crippen LogP contribution in [-0.4, -0.2) is 24.2 Å². The van der Waals surface area contributed by atoms with Gasteiger partial charge in [0.1, 0.15) is 6.61 Å². The number of carbonyl (C=O) groups is 1. The van der Waals surface area contributed by atoms with Crippen molar-refractivity contribution in [1.82, 2.24) is 5.32 Å². The SMILES string of the molecule is Cc1ccc(C(C)(C)CNC(=O)CO)cc1C. The molecule has 1 rings (SSSR count). The van der Waals surface area contributed by atoms with Crippen molar-refractivity contribution in [3.63, 3.8) is 0 Å². The van der Waals surface area contributed by atoms with Crippen molar-refractivity contribution < 1.29 is 9.90 Å². The Morgan fingerprint density at radius 1 is 1.29 bits per heavy atom. The number of aliphatic hydroxyl groups is 1. The van der Waals surface area contributed by atoms with Gasteiger partial charge in [-0.3, -0.25) is 4.79 Å². The lowest BCUT2D eigenvalue weighted by Crippen LogP contribution is -2.38. The molecule has 3 nitrogen and oxygen atoms in total. The van der Waals surface area contributed by atoms with Gasteiger partial charge in [-0.1, -0.05) is 32.0 Å². The monoisotopic (exact) mass is 235 g/mol. The summed E-state index contributed by atoms with van der Waals surface area (Å²) in [5, 5.41) is 11.4. The topological polar surface area (TPSA) is 49.3 Å². The quantitative estimate of drug-likeness (QED) is 0.834. The molecule has 0 bridgehead atoms. The van der Waals surface area contributed by atoms with Crippen molar-refractivity contribution in [1.29, 1.82) is 0 Å². The molecule has 1 aromatic rings. The van der Waals surface area contributed by atoms with Crippen LogP contribution < -0.4 is 5.32 Å². The second-order valence-corrected chi connectivity index (χ2v) is 5.12. The van der Waals surface area contributed by atoms with Gasteiger partial charge >= 0.3 is 0 Å². The molecular weight excluding hydrogens is 214 g/mol. The zero-order valence-corrected chi connectivity index (χ0v) is 11.0. The van der Waals surface area contributed by atoms with E-state index in [-0.39, 0.29) is 11.3 Å². The highest BCUT2D eigenvalue weighted by Crippen LogP contribution is 2.24. The molecule has 0 atom stereocenters. The number of nitrogens with one attached hydrogen (secondary N) is 1. The van der Waals surface area contributed by atoms with E-state index in [4.69, 9.17) is 5.11 Å². The summed E-state index contributed by atoms with van der Waals surface area (Å²) < 4.78 is 0. The molecule has 0 aliphatic heterocycles. The molecule has 0 aliphatic carbocycles. The zero-order valence-electron chi connectivity index (χ0n) is 11.0. The molecule has 0 heterocycles. The zero-order chi connectivity index (χ0) is 13.1. The number of hydrogen-bond acceptors (Lipinski definition) is 2. The summed E-state index contributed by atoms with van der Waals surface area (Å²) in [6, 6.07) is 6.34. The lowest BCUT2D eigenvalue weighted by molar-refractivity contribution is -0.124. The van der Waals surface area contributed by atoms with Gasteiger partial charge in [-0.25, -0.2) is 0 Å². The lowest BCUT2D eigenvalue weighted by Gasteiger charge is -2.26. The van der Waals surface area contributed by atoms with Crippen LogP contribution in [0.25, 0.3) is 0 Å². The minimum absolute atomic E-state index is 0.136. The minimum atomic E-state index is -0.455. The average molecular weight is 235 g/mol. The van der Waals surface area contributed by atoms with Crippen LogP contribution in [0.5, 0.6) is 0 Å². The van der Waals surface area contributed by atoms with E-state index in [9.17, 15) is 4.79 Å². The number of aliphatic hydroxyl groups excluding tert-OH is 1. The van der Waals surface area contributed by atoms with Crippen molar-refractivity contribution in [2.24, 2.45) is 0 Å². The highest BCUT2D eigenvalue weighted by atomic mass is 16.3. The Labute approximate surface area is 103 Å². The van der Waals surface area contributed by atoms with Crippen LogP contribution in [0.1, 0.15) is 30.5 Å². The first-order valence-electron chi connectivity index (χ1n) is 5.82. The number of hydrogen-bond donors (Lipinski definition) is 2. The number of carbonyl (C=O) groups excluding carboxylic acids is 1. The Bertz CT molecular complexity index is 411. The van der Waals surface area contributed by atoms with E-state index in [0.29, 0.717) is 6.54 Å². The van der Waals surface area contributed by atoms with Crippen molar-refractivity contribution in [3.05, 3.63) is 34.9 Å². The molecule has 0 radical (unpaired) electrons. The molecule has 1 aromatic carbocycles. The summed E-state index contributed by atoms with van der Waals surface area (Å²) in [5.41, 5.74) is 3.58. The summed E-state index contributed by atoms with van der Waals surface area (Å²) in [6.07, 6.45) is 0. The number of benzene rings is 1. The predicted molar refractivity (Wildman–Crippen MR) is 69.0 cm³/mol. The summed E-state index contributed by atoms with van der Waals surface area (Å²) in [6.45, 7) is 8.39. The molecule has 2 N–H and O–H groups in total. The van der Waals surface area contributed by atoms with Gasteiger partial charge in [0.25, 0.3) is 0 Å². The predicted octanol–water partition coefficient (Wildman–Crippen LogP) is 1.69. The van der Waals surface area contributed by atoms with E-state index >= 15 is 0 Å². The van der Waals surface area contributed by atoms with Crippen LogP contribution in [0.3, 0.4) is 0 Å². The van der Waals surface area contributed by atoms with Crippen molar-refractivity contribution in [2.45, 2.75) is 33.1 Å². The molecule has 17 heavy (non-hydrogen) atoms. The van der Waals surface area contributed by atoms with Gasteiger partial charge < -0.3 is 10.4 Å². The number of aryl methyl sites for hydroxylation is 2. The maximum Gasteiger partial charge on any atom is 0.245 e. The Morgan fingerprint density at radius 3 is 2.47 bits per heavy atom. The van der Waals surface area contributed by atoms with Crippen molar-refractivity contribution in [3.8, 4) is 0 Å². The summed E-state index contributed by atoms with van der Waals surface area (Å²) in [4.78, 5) is 11.0. The van der Waals surface area contributed by atoms with Crippen LogP contribution in [0, 0.1) is 13.8 Å². The van der Waals surface area contributed by atoms with Gasteiger partial charge in [0.05, 0.1) is 0 Å². The first kappa shape index (κ1) is 13.7. The maximum atomic E-state index is 11.0. The molecule has 94 valence electrons. The summed E-state index contributed by atoms with van der Waals surface area (Å²) in [5.74, 6) is -0.332. The van der Waals surface area contributed by atoms with Gasteiger partial charge in [0.15, 0.2) is 0 Å². The van der Waals surface area contributed by atoms with Gasteiger partial charge in [-0.15, -0.1) is 0 Å². The highest BCUT2D eigenvalue weighted by molar-refractivity contribution is 5.76. The minimum Gasteiger partial charge on any atom is -0.387 e. The third-order valence-electron chi connectivity index (χ3n) is 3.16. The van der Waals surface area contributed by atoms with E-state index in [1.165, 1.54) is 16.7 Å². The largest absolute Gasteiger partial charge is 0.387 e. The number of rotatable bonds is 4. The second-order valence-electron chi connectivity index (χ2n) is 5.12. The van der Waals surface area contributed by atoms with Gasteiger partial charge in [-0.2, -0.15) is 0 Å². The Balaban J connectivity index is 2.81. The molecule has 3 heteroatoms. The average Bonchev–Trinajstić information content (AvgIpc) is 2.29. The van der Waals surface area contributed by atoms with Crippen LogP contribution in [0.4, 0.5) is 0 Å². The molecule has 1 amide bonds. The third-order valence-corrected chi connectivity index (χ3v) is 3.16. The molecule has 0 unspecified atom stereocenters. The first-order chi connectivity index (χ1) is 7.86. The number of amides is 1. The smallest absolute Gasteiger partial charge is 0.245 e. The fraction of sp³-hybridized carbons (Fsp3) is 0.500. The normalized spacial score (nSPS) is 11.4. The van der Waals surface area contributed by atoms with Crippen molar-refractivity contribution >= 4 is 5.91 Å². The van der Waals surface area contributed by atoms with Crippen LogP contribution in [-0.2, 0) is 10.2 Å². The van der Waals surface area contributed by atoms with E-state index in [1.54, 1.807) is 0 Å². The molecule has 0 spiro atoms. The van der Waals surface area contributed by atoms with Crippen LogP contribution >= 0.6 is 0 Å². The van der Waals surface area contributed by atoms with Gasteiger partial charge in [0, 0.05) is 12.0 Å². The second kappa shape index (κ2) is 5.32. The molecular formula is C14H21NO2.